The Morgan fingerprint density at radius 3 is 3.00 bits per heavy atom. The fourth-order valence-electron chi connectivity index (χ4n) is 0.875. The minimum Gasteiger partial charge on any atom is -0.481 e. The van der Waals surface area contributed by atoms with E-state index in [1.165, 1.54) is 18.5 Å². The molecule has 3 N–H and O–H groups in total. The van der Waals surface area contributed by atoms with E-state index in [1.807, 2.05) is 0 Å². The molecule has 0 bridgehead atoms. The van der Waals surface area contributed by atoms with Crippen LogP contribution in [0.25, 0.3) is 6.08 Å². The van der Waals surface area contributed by atoms with Gasteiger partial charge in [-0.2, -0.15) is 0 Å². The molecule has 0 radical (unpaired) electrons. The third-order valence-electron chi connectivity index (χ3n) is 1.56. The third kappa shape index (κ3) is 4.61. The number of hydrogen-bond donors (Lipinski definition) is 3. The first-order valence-corrected chi connectivity index (χ1v) is 4.35. The molecule has 0 spiro atoms. The van der Waals surface area contributed by atoms with E-state index in [2.05, 4.69) is 15.3 Å². The number of aliphatic carboxylic acids is 1. The van der Waals surface area contributed by atoms with Crippen molar-refractivity contribution in [2.24, 2.45) is 0 Å². The number of rotatable bonds is 5. The molecule has 0 unspecified atom stereocenters. The molecule has 1 rings (SSSR count). The van der Waals surface area contributed by atoms with Crippen LogP contribution in [0, 0.1) is 0 Å². The van der Waals surface area contributed by atoms with E-state index in [1.54, 1.807) is 6.20 Å². The van der Waals surface area contributed by atoms with Crippen molar-refractivity contribution < 1.29 is 14.7 Å². The summed E-state index contributed by atoms with van der Waals surface area (Å²) in [5.41, 5.74) is 0.642. The van der Waals surface area contributed by atoms with Crippen molar-refractivity contribution in [3.8, 4) is 0 Å². The van der Waals surface area contributed by atoms with Crippen LogP contribution in [0.3, 0.4) is 0 Å². The van der Waals surface area contributed by atoms with Crippen LogP contribution in [-0.2, 0) is 9.59 Å². The first-order valence-electron chi connectivity index (χ1n) is 4.35. The van der Waals surface area contributed by atoms with Crippen molar-refractivity contribution in [3.05, 3.63) is 24.3 Å². The van der Waals surface area contributed by atoms with Gasteiger partial charge in [0, 0.05) is 18.8 Å². The van der Waals surface area contributed by atoms with Crippen LogP contribution in [0.1, 0.15) is 12.1 Å². The van der Waals surface area contributed by atoms with Gasteiger partial charge in [-0.25, -0.2) is 4.98 Å². The quantitative estimate of drug-likeness (QED) is 0.595. The topological polar surface area (TPSA) is 95.1 Å². The Balaban J connectivity index is 2.27. The molecular formula is C9H11N3O3. The molecule has 80 valence electrons. The lowest BCUT2D eigenvalue weighted by Crippen LogP contribution is -2.23. The summed E-state index contributed by atoms with van der Waals surface area (Å²) in [6, 6.07) is 0. The van der Waals surface area contributed by atoms with Gasteiger partial charge in [0.05, 0.1) is 18.4 Å². The van der Waals surface area contributed by atoms with Crippen LogP contribution >= 0.6 is 0 Å². The smallest absolute Gasteiger partial charge is 0.305 e. The molecule has 1 heterocycles. The van der Waals surface area contributed by atoms with E-state index < -0.39 is 5.97 Å². The van der Waals surface area contributed by atoms with Gasteiger partial charge in [-0.05, 0) is 6.08 Å². The maximum Gasteiger partial charge on any atom is 0.305 e. The minimum absolute atomic E-state index is 0.0814. The number of amides is 1. The number of hydrogen-bond acceptors (Lipinski definition) is 3. The van der Waals surface area contributed by atoms with Gasteiger partial charge >= 0.3 is 5.97 Å². The molecule has 0 aliphatic heterocycles. The molecule has 15 heavy (non-hydrogen) atoms. The standard InChI is InChI=1S/C9H11N3O3/c13-8(11-4-3-9(14)15)2-1-7-5-10-6-12-7/h1-2,5-6H,3-4H2,(H,10,12)(H,11,13)(H,14,15)/b2-1+. The summed E-state index contributed by atoms with van der Waals surface area (Å²) >= 11 is 0. The van der Waals surface area contributed by atoms with Gasteiger partial charge in [0.25, 0.3) is 0 Å². The SMILES string of the molecule is O=C(O)CCNC(=O)/C=C/c1c[nH]cn1. The zero-order valence-corrected chi connectivity index (χ0v) is 7.93. The largest absolute Gasteiger partial charge is 0.481 e. The monoisotopic (exact) mass is 209 g/mol. The van der Waals surface area contributed by atoms with Crippen LogP contribution in [0.4, 0.5) is 0 Å². The van der Waals surface area contributed by atoms with Crippen LogP contribution in [-0.4, -0.2) is 33.5 Å². The van der Waals surface area contributed by atoms with E-state index >= 15 is 0 Å². The van der Waals surface area contributed by atoms with Crippen molar-refractivity contribution in [1.82, 2.24) is 15.3 Å². The average molecular weight is 209 g/mol. The maximum absolute atomic E-state index is 11.1. The fraction of sp³-hybridized carbons (Fsp3) is 0.222. The molecule has 0 aliphatic rings. The lowest BCUT2D eigenvalue weighted by molar-refractivity contribution is -0.136. The van der Waals surface area contributed by atoms with E-state index in [-0.39, 0.29) is 18.9 Å². The average Bonchev–Trinajstić information content (AvgIpc) is 2.66. The highest BCUT2D eigenvalue weighted by atomic mass is 16.4. The third-order valence-corrected chi connectivity index (χ3v) is 1.56. The summed E-state index contributed by atoms with van der Waals surface area (Å²) < 4.78 is 0. The molecule has 1 amide bonds. The number of aromatic nitrogens is 2. The number of aromatic amines is 1. The second-order valence-corrected chi connectivity index (χ2v) is 2.76. The highest BCUT2D eigenvalue weighted by Crippen LogP contribution is 1.93. The van der Waals surface area contributed by atoms with Crippen molar-refractivity contribution in [3.63, 3.8) is 0 Å². The predicted molar refractivity (Wildman–Crippen MR) is 52.9 cm³/mol. The van der Waals surface area contributed by atoms with Crippen molar-refractivity contribution >= 4 is 18.0 Å². The van der Waals surface area contributed by atoms with E-state index in [0.717, 1.165) is 0 Å². The van der Waals surface area contributed by atoms with Gasteiger partial charge < -0.3 is 15.4 Å². The predicted octanol–water partition coefficient (Wildman–Crippen LogP) is 0.0138. The normalized spacial score (nSPS) is 10.4. The lowest BCUT2D eigenvalue weighted by atomic mass is 10.4. The number of H-pyrrole nitrogens is 1. The Morgan fingerprint density at radius 1 is 1.60 bits per heavy atom. The molecule has 0 aliphatic carbocycles. The molecule has 0 atom stereocenters. The molecule has 0 saturated heterocycles. The Morgan fingerprint density at radius 2 is 2.40 bits per heavy atom. The Kier molecular flexibility index (Phi) is 4.08. The van der Waals surface area contributed by atoms with Crippen LogP contribution in [0.15, 0.2) is 18.6 Å². The fourth-order valence-corrected chi connectivity index (χ4v) is 0.875. The molecule has 0 aromatic carbocycles. The number of carboxylic acid groups (broad SMARTS) is 1. The number of carboxylic acids is 1. The number of imidazole rings is 1. The molecule has 1 aromatic heterocycles. The number of nitrogens with one attached hydrogen (secondary N) is 2. The Labute approximate surface area is 86.0 Å². The van der Waals surface area contributed by atoms with Gasteiger partial charge in [0.1, 0.15) is 0 Å². The maximum atomic E-state index is 11.1. The number of carbonyl (C=O) groups excluding carboxylic acids is 1. The second kappa shape index (κ2) is 5.58. The summed E-state index contributed by atoms with van der Waals surface area (Å²) in [5.74, 6) is -1.27. The Bertz CT molecular complexity index is 357. The zero-order valence-electron chi connectivity index (χ0n) is 7.93. The van der Waals surface area contributed by atoms with Gasteiger partial charge in [0.15, 0.2) is 0 Å². The molecule has 1 aromatic rings. The summed E-state index contributed by atoms with van der Waals surface area (Å²) in [4.78, 5) is 27.9. The zero-order chi connectivity index (χ0) is 11.1. The van der Waals surface area contributed by atoms with Gasteiger partial charge in [-0.1, -0.05) is 0 Å². The number of carbonyl (C=O) groups is 2. The van der Waals surface area contributed by atoms with Crippen molar-refractivity contribution in [2.45, 2.75) is 6.42 Å². The summed E-state index contributed by atoms with van der Waals surface area (Å²) in [6.07, 6.45) is 5.90. The summed E-state index contributed by atoms with van der Waals surface area (Å²) in [6.45, 7) is 0.124. The minimum atomic E-state index is -0.938. The molecular weight excluding hydrogens is 198 g/mol. The lowest BCUT2D eigenvalue weighted by Gasteiger charge is -1.97. The second-order valence-electron chi connectivity index (χ2n) is 2.76. The van der Waals surface area contributed by atoms with Crippen LogP contribution in [0.2, 0.25) is 0 Å². The van der Waals surface area contributed by atoms with Gasteiger partial charge in [-0.15, -0.1) is 0 Å². The first kappa shape index (κ1) is 11.0. The molecule has 0 saturated carbocycles. The van der Waals surface area contributed by atoms with Gasteiger partial charge in [-0.3, -0.25) is 9.59 Å². The number of nitrogens with zero attached hydrogens (tertiary/aromatic N) is 1. The van der Waals surface area contributed by atoms with E-state index in [0.29, 0.717) is 5.69 Å². The van der Waals surface area contributed by atoms with Gasteiger partial charge in [0.2, 0.25) is 5.91 Å². The highest BCUT2D eigenvalue weighted by Gasteiger charge is 1.98. The summed E-state index contributed by atoms with van der Waals surface area (Å²) in [5, 5.41) is 10.8. The Hall–Kier alpha value is -2.11. The highest BCUT2D eigenvalue weighted by molar-refractivity contribution is 5.91. The van der Waals surface area contributed by atoms with Crippen molar-refractivity contribution in [1.29, 1.82) is 0 Å². The van der Waals surface area contributed by atoms with Crippen LogP contribution < -0.4 is 5.32 Å². The molecule has 0 fully saturated rings. The van der Waals surface area contributed by atoms with E-state index in [9.17, 15) is 9.59 Å². The molecule has 6 nitrogen and oxygen atoms in total. The van der Waals surface area contributed by atoms with E-state index in [4.69, 9.17) is 5.11 Å². The van der Waals surface area contributed by atoms with Crippen LogP contribution in [0.5, 0.6) is 0 Å². The summed E-state index contributed by atoms with van der Waals surface area (Å²) in [7, 11) is 0. The molecule has 6 heteroatoms. The first-order chi connectivity index (χ1) is 7.18. The van der Waals surface area contributed by atoms with Crippen molar-refractivity contribution in [2.75, 3.05) is 6.54 Å².